The number of aliphatic hydroxyl groups is 1. The normalized spacial score (nSPS) is 27.0. The predicted octanol–water partition coefficient (Wildman–Crippen LogP) is -0.235. The number of hydrogen-bond acceptors (Lipinski definition) is 8. The zero-order valence-corrected chi connectivity index (χ0v) is 14.6. The van der Waals surface area contributed by atoms with Gasteiger partial charge < -0.3 is 19.3 Å². The van der Waals surface area contributed by atoms with Crippen LogP contribution in [-0.4, -0.2) is 63.4 Å². The van der Waals surface area contributed by atoms with Crippen LogP contribution in [0.5, 0.6) is 0 Å². The molecule has 0 spiro atoms. The number of alkyl halides is 6. The van der Waals surface area contributed by atoms with Crippen molar-refractivity contribution in [3.63, 3.8) is 0 Å². The second kappa shape index (κ2) is 7.75. The zero-order valence-electron chi connectivity index (χ0n) is 14.6. The van der Waals surface area contributed by atoms with Gasteiger partial charge in [-0.05, 0) is 6.92 Å². The van der Waals surface area contributed by atoms with E-state index in [4.69, 9.17) is 4.74 Å². The van der Waals surface area contributed by atoms with Crippen LogP contribution in [0.1, 0.15) is 13.2 Å². The summed E-state index contributed by atoms with van der Waals surface area (Å²) in [4.78, 5) is 46.9. The molecule has 1 saturated heterocycles. The van der Waals surface area contributed by atoms with E-state index in [-0.39, 0.29) is 0 Å². The van der Waals surface area contributed by atoms with E-state index < -0.39 is 66.2 Å². The zero-order chi connectivity index (χ0) is 23.1. The molecule has 2 heterocycles. The van der Waals surface area contributed by atoms with E-state index in [0.717, 1.165) is 19.2 Å². The van der Waals surface area contributed by atoms with Gasteiger partial charge in [0.2, 0.25) is 0 Å². The van der Waals surface area contributed by atoms with Gasteiger partial charge in [-0.15, -0.1) is 0 Å². The van der Waals surface area contributed by atoms with Crippen LogP contribution in [0.15, 0.2) is 21.9 Å². The molecule has 0 aromatic carbocycles. The third kappa shape index (κ3) is 4.81. The molecule has 0 amide bonds. The second-order valence-corrected chi connectivity index (χ2v) is 6.19. The number of hydrogen-bond donors (Lipinski definition) is 2. The van der Waals surface area contributed by atoms with E-state index in [1.54, 1.807) is 4.98 Å². The minimum atomic E-state index is -5.55. The van der Waals surface area contributed by atoms with Gasteiger partial charge >= 0.3 is 30.0 Å². The molecule has 0 unspecified atom stereocenters. The molecule has 16 heteroatoms. The van der Waals surface area contributed by atoms with Crippen molar-refractivity contribution < 1.29 is 55.2 Å². The van der Waals surface area contributed by atoms with E-state index >= 15 is 0 Å². The number of nitrogens with zero attached hydrogens (tertiary/aromatic N) is 1. The van der Waals surface area contributed by atoms with Crippen LogP contribution >= 0.6 is 0 Å². The molecule has 0 saturated carbocycles. The van der Waals surface area contributed by atoms with E-state index in [9.17, 15) is 50.6 Å². The third-order valence-electron chi connectivity index (χ3n) is 3.90. The lowest BCUT2D eigenvalue weighted by Gasteiger charge is -2.30. The number of halogens is 6. The topological polar surface area (TPSA) is 137 Å². The molecular weight excluding hydrogens is 438 g/mol. The van der Waals surface area contributed by atoms with Crippen molar-refractivity contribution in [2.24, 2.45) is 0 Å². The number of aromatic amines is 1. The standard InChI is InChI=1S/C14H12F6N2O8/c1-12(27)7(30-10(25)14(18,19)20)5(4-28-9(24)13(15,16)17)29-8(12)22-3-2-6(23)21-11(22)26/h2-3,5,7-8,27H,4H2,1H3,(H,21,23,26)/t5-,7-,8-,12+/m1/s1. The number of aromatic nitrogens is 2. The number of nitrogens with one attached hydrogen (secondary N) is 1. The molecule has 2 N–H and O–H groups in total. The molecule has 1 aromatic rings. The summed E-state index contributed by atoms with van der Waals surface area (Å²) in [6.07, 6.45) is -16.5. The van der Waals surface area contributed by atoms with Crippen molar-refractivity contribution in [2.75, 3.05) is 6.61 Å². The largest absolute Gasteiger partial charge is 0.490 e. The SMILES string of the molecule is C[C@]1(O)[C@H](OC(=O)C(F)(F)F)[C@@H](COC(=O)C(F)(F)F)O[C@H]1n1ccc(=O)[nH]c1=O. The molecule has 168 valence electrons. The van der Waals surface area contributed by atoms with Gasteiger partial charge in [0.15, 0.2) is 12.3 Å². The van der Waals surface area contributed by atoms with Crippen molar-refractivity contribution in [1.82, 2.24) is 9.55 Å². The molecule has 1 aromatic heterocycles. The molecular formula is C14H12F6N2O8. The second-order valence-electron chi connectivity index (χ2n) is 6.19. The summed E-state index contributed by atoms with van der Waals surface area (Å²) in [5, 5.41) is 10.6. The quantitative estimate of drug-likeness (QED) is 0.474. The van der Waals surface area contributed by atoms with Crippen LogP contribution in [0.2, 0.25) is 0 Å². The first-order valence-corrected chi connectivity index (χ1v) is 7.76. The number of ether oxygens (including phenoxy) is 3. The van der Waals surface area contributed by atoms with Gasteiger partial charge in [-0.2, -0.15) is 26.3 Å². The van der Waals surface area contributed by atoms with Crippen LogP contribution in [0.25, 0.3) is 0 Å². The van der Waals surface area contributed by atoms with Crippen molar-refractivity contribution in [3.05, 3.63) is 33.1 Å². The summed E-state index contributed by atoms with van der Waals surface area (Å²) in [7, 11) is 0. The predicted molar refractivity (Wildman–Crippen MR) is 78.8 cm³/mol. The minimum Gasteiger partial charge on any atom is -0.456 e. The summed E-state index contributed by atoms with van der Waals surface area (Å²) in [5.74, 6) is -5.55. The molecule has 0 bridgehead atoms. The summed E-state index contributed by atoms with van der Waals surface area (Å²) in [5.41, 5.74) is -4.73. The minimum absolute atomic E-state index is 0.488. The van der Waals surface area contributed by atoms with E-state index in [0.29, 0.717) is 4.57 Å². The highest BCUT2D eigenvalue weighted by Crippen LogP contribution is 2.40. The van der Waals surface area contributed by atoms with Crippen LogP contribution in [0.4, 0.5) is 26.3 Å². The van der Waals surface area contributed by atoms with Crippen LogP contribution < -0.4 is 11.2 Å². The van der Waals surface area contributed by atoms with Gasteiger partial charge in [-0.3, -0.25) is 14.3 Å². The lowest BCUT2D eigenvalue weighted by molar-refractivity contribution is -0.217. The maximum atomic E-state index is 12.6. The Morgan fingerprint density at radius 2 is 1.77 bits per heavy atom. The highest BCUT2D eigenvalue weighted by molar-refractivity contribution is 5.76. The van der Waals surface area contributed by atoms with E-state index in [1.165, 1.54) is 0 Å². The Morgan fingerprint density at radius 1 is 1.20 bits per heavy atom. The third-order valence-corrected chi connectivity index (χ3v) is 3.90. The van der Waals surface area contributed by atoms with Gasteiger partial charge in [-0.1, -0.05) is 0 Å². The molecule has 4 atom stereocenters. The first-order valence-electron chi connectivity index (χ1n) is 7.76. The Hall–Kier alpha value is -2.88. The van der Waals surface area contributed by atoms with Crippen molar-refractivity contribution in [3.8, 4) is 0 Å². The number of H-pyrrole nitrogens is 1. The number of esters is 2. The number of carbonyl (C=O) groups is 2. The van der Waals surface area contributed by atoms with Gasteiger partial charge in [-0.25, -0.2) is 14.4 Å². The van der Waals surface area contributed by atoms with Crippen molar-refractivity contribution in [1.29, 1.82) is 0 Å². The van der Waals surface area contributed by atoms with Crippen molar-refractivity contribution >= 4 is 11.9 Å². The average Bonchev–Trinajstić information content (AvgIpc) is 2.82. The molecule has 1 aliphatic heterocycles. The molecule has 30 heavy (non-hydrogen) atoms. The highest BCUT2D eigenvalue weighted by atomic mass is 19.4. The van der Waals surface area contributed by atoms with Gasteiger partial charge in [0.05, 0.1) is 0 Å². The Bertz CT molecular complexity index is 934. The summed E-state index contributed by atoms with van der Waals surface area (Å²) in [6, 6.07) is 0.772. The summed E-state index contributed by atoms with van der Waals surface area (Å²) in [6.45, 7) is -0.631. The van der Waals surface area contributed by atoms with Crippen molar-refractivity contribution in [2.45, 2.75) is 43.3 Å². The lowest BCUT2D eigenvalue weighted by Crippen LogP contribution is -2.50. The summed E-state index contributed by atoms with van der Waals surface area (Å²) < 4.78 is 88.1. The molecule has 1 aliphatic rings. The Balaban J connectivity index is 2.39. The fourth-order valence-corrected chi connectivity index (χ4v) is 2.59. The average molecular weight is 450 g/mol. The van der Waals surface area contributed by atoms with Gasteiger partial charge in [0.25, 0.3) is 5.56 Å². The highest BCUT2D eigenvalue weighted by Gasteiger charge is 2.59. The molecule has 1 fully saturated rings. The number of carbonyl (C=O) groups excluding carboxylic acids is 2. The van der Waals surface area contributed by atoms with Crippen LogP contribution in [0, 0.1) is 0 Å². The van der Waals surface area contributed by atoms with Gasteiger partial charge in [0.1, 0.15) is 18.3 Å². The first kappa shape index (κ1) is 23.4. The fraction of sp³-hybridized carbons (Fsp3) is 0.571. The van der Waals surface area contributed by atoms with Gasteiger partial charge in [0, 0.05) is 12.3 Å². The van der Waals surface area contributed by atoms with E-state index in [1.807, 2.05) is 0 Å². The maximum absolute atomic E-state index is 12.6. The molecule has 0 aliphatic carbocycles. The molecule has 10 nitrogen and oxygen atoms in total. The smallest absolute Gasteiger partial charge is 0.456 e. The monoisotopic (exact) mass is 450 g/mol. The number of rotatable bonds is 4. The Labute approximate surface area is 160 Å². The Kier molecular flexibility index (Phi) is 6.04. The first-order chi connectivity index (χ1) is 13.5. The Morgan fingerprint density at radius 3 is 2.27 bits per heavy atom. The molecule has 0 radical (unpaired) electrons. The lowest BCUT2D eigenvalue weighted by atomic mass is 9.96. The fourth-order valence-electron chi connectivity index (χ4n) is 2.59. The summed E-state index contributed by atoms with van der Waals surface area (Å²) >= 11 is 0. The van der Waals surface area contributed by atoms with Crippen LogP contribution in [0.3, 0.4) is 0 Å². The molecule has 2 rings (SSSR count). The maximum Gasteiger partial charge on any atom is 0.490 e. The van der Waals surface area contributed by atoms with E-state index in [2.05, 4.69) is 9.47 Å². The van der Waals surface area contributed by atoms with Crippen LogP contribution in [-0.2, 0) is 23.8 Å².